The van der Waals surface area contributed by atoms with Crippen LogP contribution in [0.2, 0.25) is 0 Å². The number of benzene rings is 6. The third-order valence-corrected chi connectivity index (χ3v) is 29.1. The van der Waals surface area contributed by atoms with E-state index in [9.17, 15) is 0 Å². The second-order valence-electron chi connectivity index (χ2n) is 37.8. The van der Waals surface area contributed by atoms with Crippen molar-refractivity contribution in [1.82, 2.24) is 0 Å². The van der Waals surface area contributed by atoms with Crippen LogP contribution in [0.5, 0.6) is 0 Å². The van der Waals surface area contributed by atoms with Crippen LogP contribution in [-0.4, -0.2) is 12.3 Å². The third-order valence-electron chi connectivity index (χ3n) is 28.0. The summed E-state index contributed by atoms with van der Waals surface area (Å²) in [4.78, 5) is 8.66. The second kappa shape index (κ2) is 17.6. The van der Waals surface area contributed by atoms with Crippen molar-refractivity contribution in [3.63, 3.8) is 0 Å². The van der Waals surface area contributed by atoms with Crippen molar-refractivity contribution in [3.8, 4) is 0 Å². The first-order valence-electron chi connectivity index (χ1n) is 35.6. The molecule has 6 aromatic carbocycles. The van der Waals surface area contributed by atoms with E-state index in [1.54, 1.807) is 11.1 Å². The molecule has 4 unspecified atom stereocenters. The predicted molar refractivity (Wildman–Crippen MR) is 391 cm³/mol. The molecule has 9 aliphatic rings. The van der Waals surface area contributed by atoms with Crippen LogP contribution in [-0.2, 0) is 54.1 Å². The Morgan fingerprint density at radius 2 is 0.945 bits per heavy atom. The Balaban J connectivity index is 1.08. The molecule has 5 aliphatic carbocycles. The molecule has 0 spiro atoms. The van der Waals surface area contributed by atoms with Gasteiger partial charge in [0.25, 0.3) is 6.71 Å². The van der Waals surface area contributed by atoms with Gasteiger partial charge in [-0.1, -0.05) is 156 Å². The minimum Gasteiger partial charge on any atom is -0.468 e. The Morgan fingerprint density at radius 3 is 1.53 bits per heavy atom. The lowest BCUT2D eigenvalue weighted by molar-refractivity contribution is 0.0840. The van der Waals surface area contributed by atoms with Gasteiger partial charge in [-0.05, 0) is 284 Å². The zero-order valence-corrected chi connectivity index (χ0v) is 60.4. The average molecular weight is 1220 g/mol. The van der Waals surface area contributed by atoms with Gasteiger partial charge in [0.2, 0.25) is 0 Å². The molecule has 472 valence electrons. The largest absolute Gasteiger partial charge is 0.468 e. The van der Waals surface area contributed by atoms with E-state index in [0.717, 1.165) is 43.3 Å². The van der Waals surface area contributed by atoms with E-state index in [-0.39, 0.29) is 66.4 Å². The van der Waals surface area contributed by atoms with Crippen LogP contribution in [0.1, 0.15) is 276 Å². The van der Waals surface area contributed by atoms with Gasteiger partial charge < -0.3 is 19.1 Å². The SMILES string of the molecule is Cc1cc2c(cc1N1c3cc4cc5c3B(c3oc6cc7c(cc6c3N5c3cc5c(cc3C)C(C)(C)CCC5(C)C3CCC5(C)c6cc(C(C)(C)C)ccc6N4C5(C)C3)C(C)(C)CCC7(C)C)c3c1sc1cc4c(cc31)C(C)(C)CCC4(C)C)C(C)(C)CCC2(C)C. The Kier molecular flexibility index (Phi) is 11.4. The predicted octanol–water partition coefficient (Wildman–Crippen LogP) is 22.0. The van der Waals surface area contributed by atoms with Crippen LogP contribution in [0, 0.1) is 19.8 Å². The van der Waals surface area contributed by atoms with Gasteiger partial charge in [0.15, 0.2) is 0 Å². The highest BCUT2D eigenvalue weighted by Gasteiger charge is 2.63. The van der Waals surface area contributed by atoms with Crippen molar-refractivity contribution in [2.45, 2.75) is 283 Å². The van der Waals surface area contributed by atoms with Crippen molar-refractivity contribution in [2.24, 2.45) is 5.92 Å². The average Bonchev–Trinajstić information content (AvgIpc) is 1.58. The summed E-state index contributed by atoms with van der Waals surface area (Å²) in [6.07, 6.45) is 12.8. The fraction of sp³-hybridized carbons (Fsp3) is 0.529. The fourth-order valence-electron chi connectivity index (χ4n) is 21.1. The topological polar surface area (TPSA) is 22.9 Å². The molecule has 2 aromatic heterocycles. The van der Waals surface area contributed by atoms with E-state index < -0.39 is 0 Å². The van der Waals surface area contributed by atoms with Gasteiger partial charge in [0, 0.05) is 43.9 Å². The summed E-state index contributed by atoms with van der Waals surface area (Å²) in [5.41, 5.74) is 31.7. The first-order chi connectivity index (χ1) is 42.3. The number of anilines is 8. The van der Waals surface area contributed by atoms with Crippen LogP contribution in [0.4, 0.5) is 44.8 Å². The van der Waals surface area contributed by atoms with E-state index in [0.29, 0.717) is 5.92 Å². The molecule has 0 radical (unpaired) electrons. The first-order valence-corrected chi connectivity index (χ1v) is 36.4. The standard InChI is InChI=1S/C85H102BN3OS/c1-47-36-55-61-43-64(47)87-66-38-51(89-63-24-23-49(75(3,4)5)37-62(63)84(21)26-25-50(46-85(84,89)22)83(61,20)34-33-82(55,18)19)39-67-71(66)86(73-72(87)52-40-56-59(44-68(52)90-73)80(14,15)31-28-77(56,8)9)70-53-41-57-60(81(16,17)32-29-78(57,10)11)45-69(53)91-74(70)88(67)65-42-58-54(35-48(65)2)76(6,7)27-30-79(58,12)13/h23-24,35-45,50H,25-34,46H2,1-22H3. The molecule has 0 amide bonds. The highest BCUT2D eigenvalue weighted by molar-refractivity contribution is 7.26. The molecule has 4 nitrogen and oxygen atoms in total. The van der Waals surface area contributed by atoms with Gasteiger partial charge in [-0.15, -0.1) is 11.3 Å². The van der Waals surface area contributed by atoms with Gasteiger partial charge in [0.1, 0.15) is 5.58 Å². The molecule has 6 heteroatoms. The lowest BCUT2D eigenvalue weighted by atomic mass is 9.35. The smallest absolute Gasteiger partial charge is 0.298 e. The van der Waals surface area contributed by atoms with Crippen LogP contribution in [0.3, 0.4) is 0 Å². The summed E-state index contributed by atoms with van der Waals surface area (Å²) >= 11 is 2.06. The summed E-state index contributed by atoms with van der Waals surface area (Å²) in [5, 5.41) is 4.00. The molecule has 0 N–H and O–H groups in total. The first kappa shape index (κ1) is 59.1. The van der Waals surface area contributed by atoms with Crippen molar-refractivity contribution in [2.75, 3.05) is 14.7 Å². The summed E-state index contributed by atoms with van der Waals surface area (Å²) < 4.78 is 9.54. The van der Waals surface area contributed by atoms with Gasteiger partial charge in [-0.3, -0.25) is 0 Å². The quantitative estimate of drug-likeness (QED) is 0.153. The van der Waals surface area contributed by atoms with Gasteiger partial charge >= 0.3 is 0 Å². The van der Waals surface area contributed by atoms with Crippen molar-refractivity contribution < 1.29 is 4.42 Å². The summed E-state index contributed by atoms with van der Waals surface area (Å²) in [6.45, 7) is 55.3. The maximum absolute atomic E-state index is 8.14. The summed E-state index contributed by atoms with van der Waals surface area (Å²) in [5.74, 6) is 0.476. The van der Waals surface area contributed by atoms with Crippen LogP contribution in [0.25, 0.3) is 21.1 Å². The van der Waals surface area contributed by atoms with Crippen molar-refractivity contribution in [3.05, 3.63) is 146 Å². The lowest BCUT2D eigenvalue weighted by Gasteiger charge is -2.58. The Morgan fingerprint density at radius 1 is 0.462 bits per heavy atom. The number of thiophene rings is 1. The molecule has 4 aliphatic heterocycles. The van der Waals surface area contributed by atoms with E-state index in [4.69, 9.17) is 4.42 Å². The number of nitrogens with zero attached hydrogens (tertiary/aromatic N) is 3. The lowest BCUT2D eigenvalue weighted by Crippen LogP contribution is -2.61. The number of hydrogen-bond donors (Lipinski definition) is 0. The molecule has 17 rings (SSSR count). The maximum Gasteiger partial charge on any atom is 0.298 e. The number of fused-ring (bicyclic) bond motifs is 21. The monoisotopic (exact) mass is 1220 g/mol. The molecule has 1 saturated carbocycles. The molecule has 6 bridgehead atoms. The highest BCUT2D eigenvalue weighted by atomic mass is 32.1. The number of rotatable bonds is 1. The van der Waals surface area contributed by atoms with Crippen LogP contribution < -0.4 is 31.3 Å². The summed E-state index contributed by atoms with van der Waals surface area (Å²) in [6, 6.07) is 34.6. The van der Waals surface area contributed by atoms with Gasteiger partial charge in [-0.25, -0.2) is 0 Å². The molecule has 1 fully saturated rings. The Bertz CT molecular complexity index is 4600. The minimum absolute atomic E-state index is 0.00120. The van der Waals surface area contributed by atoms with E-state index in [2.05, 4.69) is 257 Å². The number of furan rings is 1. The van der Waals surface area contributed by atoms with E-state index in [1.165, 1.54) is 165 Å². The minimum atomic E-state index is -0.249. The third kappa shape index (κ3) is 7.53. The Labute approximate surface area is 550 Å². The van der Waals surface area contributed by atoms with E-state index in [1.807, 2.05) is 0 Å². The Hall–Kier alpha value is -5.72. The molecule has 4 atom stereocenters. The molecule has 91 heavy (non-hydrogen) atoms. The highest BCUT2D eigenvalue weighted by Crippen LogP contribution is 2.68. The molecule has 0 saturated heterocycles. The number of hydrogen-bond acceptors (Lipinski definition) is 5. The fourth-order valence-corrected chi connectivity index (χ4v) is 22.4. The van der Waals surface area contributed by atoms with Gasteiger partial charge in [0.05, 0.1) is 27.6 Å². The van der Waals surface area contributed by atoms with Crippen LogP contribution >= 0.6 is 11.3 Å². The number of aryl methyl sites for hydroxylation is 2. The molecular weight excluding hydrogens is 1120 g/mol. The van der Waals surface area contributed by atoms with Crippen molar-refractivity contribution >= 4 is 101 Å². The maximum atomic E-state index is 8.14. The molecule has 8 aromatic rings. The zero-order valence-electron chi connectivity index (χ0n) is 59.6. The normalized spacial score (nSPS) is 27.3. The summed E-state index contributed by atoms with van der Waals surface area (Å²) in [7, 11) is 0. The van der Waals surface area contributed by atoms with Crippen molar-refractivity contribution in [1.29, 1.82) is 0 Å². The molecule has 6 heterocycles. The second-order valence-corrected chi connectivity index (χ2v) is 38.8. The zero-order chi connectivity index (χ0) is 64.4. The van der Waals surface area contributed by atoms with E-state index >= 15 is 0 Å². The van der Waals surface area contributed by atoms with Crippen LogP contribution in [0.15, 0.2) is 83.3 Å². The molecular formula is C85H102BN3OS. The van der Waals surface area contributed by atoms with Gasteiger partial charge in [-0.2, -0.15) is 0 Å².